The van der Waals surface area contributed by atoms with Gasteiger partial charge in [0.15, 0.2) is 0 Å². The molecular formula is C31H43N7O2S. The zero-order valence-corrected chi connectivity index (χ0v) is 25.5. The lowest BCUT2D eigenvalue weighted by atomic mass is 9.85. The number of amides is 2. The number of piperidine rings is 1. The van der Waals surface area contributed by atoms with Gasteiger partial charge in [-0.1, -0.05) is 50.3 Å². The van der Waals surface area contributed by atoms with E-state index in [2.05, 4.69) is 58.8 Å². The predicted octanol–water partition coefficient (Wildman–Crippen LogP) is 4.54. The van der Waals surface area contributed by atoms with E-state index in [4.69, 9.17) is 0 Å². The van der Waals surface area contributed by atoms with Gasteiger partial charge in [0.05, 0.1) is 21.8 Å². The Morgan fingerprint density at radius 2 is 1.90 bits per heavy atom. The molecule has 220 valence electrons. The molecule has 2 aliphatic rings. The molecule has 0 aliphatic carbocycles. The van der Waals surface area contributed by atoms with E-state index >= 15 is 0 Å². The number of aromatic nitrogens is 4. The Balaban J connectivity index is 1.21. The van der Waals surface area contributed by atoms with Crippen molar-refractivity contribution < 1.29 is 9.59 Å². The van der Waals surface area contributed by atoms with Gasteiger partial charge in [-0.3, -0.25) is 9.59 Å². The number of nitrogens with zero attached hydrogens (tertiary/aromatic N) is 5. The number of carbonyl (C=O) groups is 2. The highest BCUT2D eigenvalue weighted by molar-refractivity contribution is 7.13. The van der Waals surface area contributed by atoms with Gasteiger partial charge < -0.3 is 15.5 Å². The first-order valence-electron chi connectivity index (χ1n) is 14.9. The third kappa shape index (κ3) is 7.04. The lowest BCUT2D eigenvalue weighted by Crippen LogP contribution is -2.50. The summed E-state index contributed by atoms with van der Waals surface area (Å²) in [5.41, 5.74) is 5.57. The average Bonchev–Trinajstić information content (AvgIpc) is 3.72. The number of carbonyl (C=O) groups excluding carboxylic acids is 2. The molecule has 2 amide bonds. The Bertz CT molecular complexity index is 1320. The van der Waals surface area contributed by atoms with Crippen LogP contribution in [0.1, 0.15) is 75.9 Å². The largest absolute Gasteiger partial charge is 0.350 e. The van der Waals surface area contributed by atoms with Gasteiger partial charge >= 0.3 is 0 Å². The second kappa shape index (κ2) is 12.8. The highest BCUT2D eigenvalue weighted by Crippen LogP contribution is 2.34. The molecule has 2 N–H and O–H groups in total. The maximum absolute atomic E-state index is 14.0. The molecule has 10 heteroatoms. The molecule has 0 radical (unpaired) electrons. The first-order valence-corrected chi connectivity index (χ1v) is 15.8. The summed E-state index contributed by atoms with van der Waals surface area (Å²) in [5.74, 6) is 0.548. The molecule has 0 spiro atoms. The smallest absolute Gasteiger partial charge is 0.248 e. The lowest BCUT2D eigenvalue weighted by molar-refractivity contribution is -0.144. The quantitative estimate of drug-likeness (QED) is 0.387. The summed E-state index contributed by atoms with van der Waals surface area (Å²) in [5, 5.41) is 15.4. The van der Waals surface area contributed by atoms with Crippen molar-refractivity contribution in [2.45, 2.75) is 84.8 Å². The molecule has 3 aromatic rings. The second-order valence-electron chi connectivity index (χ2n) is 12.6. The molecule has 0 bridgehead atoms. The Labute approximate surface area is 247 Å². The molecule has 0 saturated carbocycles. The van der Waals surface area contributed by atoms with E-state index in [0.717, 1.165) is 59.7 Å². The van der Waals surface area contributed by atoms with Gasteiger partial charge in [-0.2, -0.15) is 0 Å². The van der Waals surface area contributed by atoms with Crippen LogP contribution in [0, 0.1) is 18.3 Å². The van der Waals surface area contributed by atoms with Gasteiger partial charge in [0, 0.05) is 19.3 Å². The Morgan fingerprint density at radius 3 is 2.59 bits per heavy atom. The summed E-state index contributed by atoms with van der Waals surface area (Å²) in [6.45, 7) is 11.3. The molecular weight excluding hydrogens is 534 g/mol. The van der Waals surface area contributed by atoms with Crippen molar-refractivity contribution in [2.75, 3.05) is 19.6 Å². The summed E-state index contributed by atoms with van der Waals surface area (Å²) in [7, 11) is 0. The Kier molecular flexibility index (Phi) is 9.19. The maximum atomic E-state index is 14.0. The number of hydrogen-bond donors (Lipinski definition) is 2. The maximum Gasteiger partial charge on any atom is 0.248 e. The van der Waals surface area contributed by atoms with Crippen molar-refractivity contribution in [1.82, 2.24) is 35.5 Å². The summed E-state index contributed by atoms with van der Waals surface area (Å²) < 4.78 is 1.74. The van der Waals surface area contributed by atoms with Crippen LogP contribution in [-0.4, -0.2) is 62.4 Å². The molecule has 2 aliphatic heterocycles. The average molecular weight is 578 g/mol. The van der Waals surface area contributed by atoms with Crippen LogP contribution in [0.25, 0.3) is 10.4 Å². The number of hydrogen-bond acceptors (Lipinski definition) is 7. The third-order valence-electron chi connectivity index (χ3n) is 8.41. The fourth-order valence-corrected chi connectivity index (χ4v) is 6.89. The molecule has 2 saturated heterocycles. The number of thiazole rings is 1. The van der Waals surface area contributed by atoms with Crippen molar-refractivity contribution in [3.8, 4) is 10.4 Å². The summed E-state index contributed by atoms with van der Waals surface area (Å²) in [4.78, 5) is 34.6. The van der Waals surface area contributed by atoms with Crippen molar-refractivity contribution in [3.05, 3.63) is 52.9 Å². The van der Waals surface area contributed by atoms with E-state index in [-0.39, 0.29) is 17.2 Å². The van der Waals surface area contributed by atoms with Crippen LogP contribution in [-0.2, 0) is 22.6 Å². The molecule has 5 rings (SSSR count). The summed E-state index contributed by atoms with van der Waals surface area (Å²) >= 11 is 1.63. The standard InChI is InChI=1S/C31H43N7O2S/c1-21-27(41-20-34-21)24-10-7-23(8-11-24)18-33-29(39)26-6-5-17-37(26)30(40)28(31(2,3)4)38-19-25(35-36-38)12-9-22-13-15-32-16-14-22/h7-8,10-11,19-20,22,26,28,32H,5-6,9,12-18H2,1-4H3,(H,33,39). The topological polar surface area (TPSA) is 105 Å². The van der Waals surface area contributed by atoms with Crippen molar-refractivity contribution in [3.63, 3.8) is 0 Å². The Hall–Kier alpha value is -3.11. The minimum Gasteiger partial charge on any atom is -0.350 e. The van der Waals surface area contributed by atoms with Gasteiger partial charge in [-0.05, 0) is 81.0 Å². The van der Waals surface area contributed by atoms with Gasteiger partial charge in [0.2, 0.25) is 11.8 Å². The third-order valence-corrected chi connectivity index (χ3v) is 9.39. The molecule has 9 nitrogen and oxygen atoms in total. The van der Waals surface area contributed by atoms with Crippen molar-refractivity contribution in [1.29, 1.82) is 0 Å². The first-order chi connectivity index (χ1) is 19.7. The minimum absolute atomic E-state index is 0.0609. The fourth-order valence-electron chi connectivity index (χ4n) is 6.08. The van der Waals surface area contributed by atoms with Crippen molar-refractivity contribution in [2.24, 2.45) is 11.3 Å². The van der Waals surface area contributed by atoms with Crippen LogP contribution >= 0.6 is 11.3 Å². The Morgan fingerprint density at radius 1 is 1.15 bits per heavy atom. The van der Waals surface area contributed by atoms with Crippen LogP contribution in [0.15, 0.2) is 36.0 Å². The minimum atomic E-state index is -0.529. The molecule has 2 atom stereocenters. The van der Waals surface area contributed by atoms with Crippen LogP contribution < -0.4 is 10.6 Å². The van der Waals surface area contributed by atoms with Gasteiger partial charge in [0.1, 0.15) is 12.1 Å². The summed E-state index contributed by atoms with van der Waals surface area (Å²) in [6.07, 6.45) is 7.78. The molecule has 41 heavy (non-hydrogen) atoms. The summed E-state index contributed by atoms with van der Waals surface area (Å²) in [6, 6.07) is 7.21. The second-order valence-corrected chi connectivity index (χ2v) is 13.4. The molecule has 2 unspecified atom stereocenters. The number of aryl methyl sites for hydroxylation is 2. The number of nitrogens with one attached hydrogen (secondary N) is 2. The van der Waals surface area contributed by atoms with E-state index in [9.17, 15) is 9.59 Å². The number of benzene rings is 1. The normalized spacial score (nSPS) is 18.9. The number of likely N-dealkylation sites (tertiary alicyclic amines) is 1. The zero-order valence-electron chi connectivity index (χ0n) is 24.7. The SMILES string of the molecule is Cc1ncsc1-c1ccc(CNC(=O)C2CCCN2C(=O)C(n2cc(CCC3CCNCC3)nn2)C(C)(C)C)cc1. The van der Waals surface area contributed by atoms with E-state index < -0.39 is 12.1 Å². The lowest BCUT2D eigenvalue weighted by Gasteiger charge is -2.34. The molecule has 2 fully saturated rings. The van der Waals surface area contributed by atoms with Gasteiger partial charge in [0.25, 0.3) is 0 Å². The van der Waals surface area contributed by atoms with E-state index in [1.165, 1.54) is 12.8 Å². The van der Waals surface area contributed by atoms with Gasteiger partial charge in [-0.15, -0.1) is 16.4 Å². The van der Waals surface area contributed by atoms with E-state index in [0.29, 0.717) is 25.4 Å². The van der Waals surface area contributed by atoms with Crippen molar-refractivity contribution >= 4 is 23.2 Å². The van der Waals surface area contributed by atoms with Crippen LogP contribution in [0.2, 0.25) is 0 Å². The molecule has 4 heterocycles. The first kappa shape index (κ1) is 29.4. The van der Waals surface area contributed by atoms with Gasteiger partial charge in [-0.25, -0.2) is 9.67 Å². The monoisotopic (exact) mass is 577 g/mol. The molecule has 1 aromatic carbocycles. The van der Waals surface area contributed by atoms with Crippen LogP contribution in [0.3, 0.4) is 0 Å². The highest BCUT2D eigenvalue weighted by Gasteiger charge is 2.42. The zero-order chi connectivity index (χ0) is 29.0. The predicted molar refractivity (Wildman–Crippen MR) is 161 cm³/mol. The van der Waals surface area contributed by atoms with E-state index in [1.54, 1.807) is 20.9 Å². The fraction of sp³-hybridized carbons (Fsp3) is 0.581. The molecule has 2 aromatic heterocycles. The number of rotatable bonds is 9. The highest BCUT2D eigenvalue weighted by atomic mass is 32.1. The van der Waals surface area contributed by atoms with E-state index in [1.807, 2.05) is 30.8 Å². The van der Waals surface area contributed by atoms with Crippen LogP contribution in [0.5, 0.6) is 0 Å². The van der Waals surface area contributed by atoms with Crippen LogP contribution in [0.4, 0.5) is 0 Å².